The number of anilines is 2. The average molecular weight is 522 g/mol. The number of carbonyl (C=O) groups is 4. The molecule has 3 rings (SSSR count). The lowest BCUT2D eigenvalue weighted by molar-refractivity contribution is -0.119. The summed E-state index contributed by atoms with van der Waals surface area (Å²) >= 11 is 0. The summed E-state index contributed by atoms with van der Waals surface area (Å²) in [6.07, 6.45) is -2.14. The van der Waals surface area contributed by atoms with E-state index in [1.165, 1.54) is 28.9 Å². The molecule has 0 saturated carbocycles. The highest BCUT2D eigenvalue weighted by Crippen LogP contribution is 2.29. The summed E-state index contributed by atoms with van der Waals surface area (Å²) in [5.41, 5.74) is 5.41. The fraction of sp³-hybridized carbons (Fsp3) is 0.522. The SMILES string of the molecule is CC(=O)NCC1CN(c2ccc(N3CCN(C(=O)NC(=O)OC(C)(C)C)C(C(=N)N)C3)c(F)c2)C(=O)O1. The smallest absolute Gasteiger partial charge is 0.415 e. The first-order chi connectivity index (χ1) is 17.2. The molecule has 2 aliphatic heterocycles. The number of carbonyl (C=O) groups excluding carboxylic acids is 4. The van der Waals surface area contributed by atoms with Crippen LogP contribution in [0.25, 0.3) is 0 Å². The van der Waals surface area contributed by atoms with Crippen molar-refractivity contribution in [2.24, 2.45) is 5.73 Å². The summed E-state index contributed by atoms with van der Waals surface area (Å²) in [5.74, 6) is -1.20. The molecule has 5 N–H and O–H groups in total. The number of amidine groups is 1. The second-order valence-corrected chi connectivity index (χ2v) is 9.73. The molecule has 0 aliphatic carbocycles. The van der Waals surface area contributed by atoms with Crippen LogP contribution in [0.4, 0.5) is 30.1 Å². The first-order valence-corrected chi connectivity index (χ1v) is 11.7. The lowest BCUT2D eigenvalue weighted by Gasteiger charge is -2.41. The summed E-state index contributed by atoms with van der Waals surface area (Å²) < 4.78 is 25.5. The third-order valence-corrected chi connectivity index (χ3v) is 5.64. The van der Waals surface area contributed by atoms with Gasteiger partial charge in [-0.2, -0.15) is 0 Å². The number of alkyl carbamates (subject to hydrolysis) is 1. The van der Waals surface area contributed by atoms with Crippen LogP contribution < -0.4 is 26.2 Å². The van der Waals surface area contributed by atoms with Gasteiger partial charge in [0.1, 0.15) is 29.4 Å². The predicted molar refractivity (Wildman–Crippen MR) is 132 cm³/mol. The van der Waals surface area contributed by atoms with E-state index in [-0.39, 0.29) is 55.8 Å². The Morgan fingerprint density at radius 3 is 2.54 bits per heavy atom. The number of halogens is 1. The monoisotopic (exact) mass is 521 g/mol. The van der Waals surface area contributed by atoms with E-state index in [0.717, 1.165) is 0 Å². The quantitative estimate of drug-likeness (QED) is 0.332. The molecule has 0 spiro atoms. The van der Waals surface area contributed by atoms with Crippen molar-refractivity contribution in [3.8, 4) is 0 Å². The van der Waals surface area contributed by atoms with Crippen LogP contribution in [0.3, 0.4) is 0 Å². The van der Waals surface area contributed by atoms with Crippen LogP contribution >= 0.6 is 0 Å². The number of piperazine rings is 1. The molecule has 37 heavy (non-hydrogen) atoms. The van der Waals surface area contributed by atoms with Crippen LogP contribution in [0.15, 0.2) is 18.2 Å². The lowest BCUT2D eigenvalue weighted by atomic mass is 10.1. The van der Waals surface area contributed by atoms with Gasteiger partial charge in [0.2, 0.25) is 5.91 Å². The highest BCUT2D eigenvalue weighted by molar-refractivity contribution is 5.95. The van der Waals surface area contributed by atoms with E-state index >= 15 is 4.39 Å². The number of nitrogens with zero attached hydrogens (tertiary/aromatic N) is 3. The van der Waals surface area contributed by atoms with Gasteiger partial charge in [0.15, 0.2) is 0 Å². The van der Waals surface area contributed by atoms with Crippen molar-refractivity contribution < 1.29 is 33.0 Å². The summed E-state index contributed by atoms with van der Waals surface area (Å²) in [5, 5.41) is 12.6. The maximum Gasteiger partial charge on any atom is 0.415 e. The minimum Gasteiger partial charge on any atom is -0.443 e. The Morgan fingerprint density at radius 2 is 1.95 bits per heavy atom. The number of nitrogens with one attached hydrogen (secondary N) is 3. The number of ether oxygens (including phenoxy) is 2. The molecule has 1 aromatic rings. The third kappa shape index (κ3) is 6.98. The summed E-state index contributed by atoms with van der Waals surface area (Å²) in [4.78, 5) is 52.1. The van der Waals surface area contributed by atoms with Gasteiger partial charge in [-0.25, -0.2) is 24.1 Å². The standard InChI is InChI=1S/C23H32FN7O6/c1-13(32)27-10-15-11-31(22(35)36-15)14-5-6-17(16(24)9-14)29-7-8-30(18(12-29)19(25)26)20(33)28-21(34)37-23(2,3)4/h5-6,9,15,18H,7-8,10-12H2,1-4H3,(H3,25,26)(H,27,32)(H,28,33,34). The number of amides is 5. The van der Waals surface area contributed by atoms with Crippen LogP contribution in [0.1, 0.15) is 27.7 Å². The van der Waals surface area contributed by atoms with E-state index in [9.17, 15) is 19.2 Å². The molecule has 2 fully saturated rings. The van der Waals surface area contributed by atoms with E-state index in [2.05, 4.69) is 10.6 Å². The van der Waals surface area contributed by atoms with Gasteiger partial charge in [-0.05, 0) is 39.0 Å². The normalized spacial score (nSPS) is 19.8. The average Bonchev–Trinajstić information content (AvgIpc) is 3.16. The zero-order valence-electron chi connectivity index (χ0n) is 21.2. The van der Waals surface area contributed by atoms with Crippen LogP contribution in [-0.4, -0.2) is 85.3 Å². The second kappa shape index (κ2) is 10.9. The molecule has 2 heterocycles. The van der Waals surface area contributed by atoms with Gasteiger partial charge >= 0.3 is 18.2 Å². The molecule has 14 heteroatoms. The Balaban J connectivity index is 1.68. The Labute approximate surface area is 213 Å². The topological polar surface area (TPSA) is 170 Å². The molecular weight excluding hydrogens is 489 g/mol. The van der Waals surface area contributed by atoms with Gasteiger partial charge in [0.25, 0.3) is 0 Å². The van der Waals surface area contributed by atoms with Crippen LogP contribution in [0.5, 0.6) is 0 Å². The number of hydrogen-bond acceptors (Lipinski definition) is 8. The van der Waals surface area contributed by atoms with Crippen LogP contribution in [-0.2, 0) is 14.3 Å². The number of imide groups is 1. The first kappa shape index (κ1) is 27.5. The van der Waals surface area contributed by atoms with Crippen molar-refractivity contribution >= 4 is 41.3 Å². The van der Waals surface area contributed by atoms with E-state index in [4.69, 9.17) is 20.6 Å². The van der Waals surface area contributed by atoms with Crippen molar-refractivity contribution in [1.82, 2.24) is 15.5 Å². The highest BCUT2D eigenvalue weighted by Gasteiger charge is 2.36. The van der Waals surface area contributed by atoms with Gasteiger partial charge in [-0.1, -0.05) is 0 Å². The number of nitrogens with two attached hydrogens (primary N) is 1. The fourth-order valence-corrected chi connectivity index (χ4v) is 3.99. The maximum absolute atomic E-state index is 15.2. The first-order valence-electron chi connectivity index (χ1n) is 11.7. The van der Waals surface area contributed by atoms with Crippen molar-refractivity contribution in [1.29, 1.82) is 5.41 Å². The number of hydrogen-bond donors (Lipinski definition) is 4. The van der Waals surface area contributed by atoms with Gasteiger partial charge in [-0.3, -0.25) is 15.1 Å². The minimum absolute atomic E-state index is 0.0118. The van der Waals surface area contributed by atoms with Gasteiger partial charge in [-0.15, -0.1) is 0 Å². The summed E-state index contributed by atoms with van der Waals surface area (Å²) in [6, 6.07) is 2.56. The molecular formula is C23H32FN7O6. The fourth-order valence-electron chi connectivity index (χ4n) is 3.99. The Morgan fingerprint density at radius 1 is 1.24 bits per heavy atom. The molecule has 1 aromatic carbocycles. The molecule has 0 aromatic heterocycles. The molecule has 5 amide bonds. The van der Waals surface area contributed by atoms with E-state index in [1.54, 1.807) is 31.7 Å². The molecule has 202 valence electrons. The summed E-state index contributed by atoms with van der Waals surface area (Å²) in [6.45, 7) is 6.90. The van der Waals surface area contributed by atoms with Gasteiger partial charge in [0, 0.05) is 26.6 Å². The Hall–Kier alpha value is -4.10. The van der Waals surface area contributed by atoms with Crippen molar-refractivity contribution in [2.45, 2.75) is 45.4 Å². The van der Waals surface area contributed by atoms with Gasteiger partial charge in [0.05, 0.1) is 24.5 Å². The molecule has 2 atom stereocenters. The number of cyclic esters (lactones) is 1. The highest BCUT2D eigenvalue weighted by atomic mass is 19.1. The van der Waals surface area contributed by atoms with Crippen molar-refractivity contribution in [3.63, 3.8) is 0 Å². The molecule has 2 saturated heterocycles. The van der Waals surface area contributed by atoms with E-state index < -0.39 is 41.8 Å². The Kier molecular flexibility index (Phi) is 8.09. The van der Waals surface area contributed by atoms with Crippen molar-refractivity contribution in [3.05, 3.63) is 24.0 Å². The molecule has 2 aliphatic rings. The zero-order chi connectivity index (χ0) is 27.5. The molecule has 13 nitrogen and oxygen atoms in total. The maximum atomic E-state index is 15.2. The van der Waals surface area contributed by atoms with E-state index in [0.29, 0.717) is 0 Å². The number of benzene rings is 1. The number of rotatable bonds is 5. The molecule has 0 radical (unpaired) electrons. The van der Waals surface area contributed by atoms with Crippen LogP contribution in [0.2, 0.25) is 0 Å². The summed E-state index contributed by atoms with van der Waals surface area (Å²) in [7, 11) is 0. The predicted octanol–water partition coefficient (Wildman–Crippen LogP) is 1.36. The third-order valence-electron chi connectivity index (χ3n) is 5.64. The number of urea groups is 1. The zero-order valence-corrected chi connectivity index (χ0v) is 21.2. The Bertz CT molecular complexity index is 1090. The minimum atomic E-state index is -0.927. The lowest BCUT2D eigenvalue weighted by Crippen LogP contribution is -2.62. The molecule has 2 unspecified atom stereocenters. The molecule has 0 bridgehead atoms. The van der Waals surface area contributed by atoms with Crippen LogP contribution in [0, 0.1) is 11.2 Å². The van der Waals surface area contributed by atoms with Gasteiger partial charge < -0.3 is 30.3 Å². The van der Waals surface area contributed by atoms with E-state index in [1.807, 2.05) is 0 Å². The largest absolute Gasteiger partial charge is 0.443 e. The van der Waals surface area contributed by atoms with Crippen molar-refractivity contribution in [2.75, 3.05) is 42.5 Å². The second-order valence-electron chi connectivity index (χ2n) is 9.73.